The van der Waals surface area contributed by atoms with Gasteiger partial charge in [-0.25, -0.2) is 9.67 Å². The molecule has 0 saturated carbocycles. The lowest BCUT2D eigenvalue weighted by molar-refractivity contribution is -0.384. The number of rotatable bonds is 8. The molecule has 0 radical (unpaired) electrons. The third kappa shape index (κ3) is 5.04. The maximum absolute atomic E-state index is 11.5. The summed E-state index contributed by atoms with van der Waals surface area (Å²) < 4.78 is 18.0. The number of pyridine rings is 1. The summed E-state index contributed by atoms with van der Waals surface area (Å²) in [6.45, 7) is 0. The van der Waals surface area contributed by atoms with Crippen molar-refractivity contribution in [1.82, 2.24) is 9.66 Å². The number of nitro groups is 1. The third-order valence-electron chi connectivity index (χ3n) is 4.93. The lowest BCUT2D eigenvalue weighted by Gasteiger charge is -2.14. The first kappa shape index (κ1) is 23.6. The van der Waals surface area contributed by atoms with Crippen LogP contribution < -0.4 is 19.0 Å². The zero-order valence-electron chi connectivity index (χ0n) is 19.1. The molecule has 2 aromatic carbocycles. The minimum absolute atomic E-state index is 0.101. The summed E-state index contributed by atoms with van der Waals surface area (Å²) in [6.07, 6.45) is 3.25. The van der Waals surface area contributed by atoms with E-state index in [-0.39, 0.29) is 11.4 Å². The first-order valence-electron chi connectivity index (χ1n) is 10.3. The number of thiazole rings is 1. The molecular formula is C24H21N5O5S. The van der Waals surface area contributed by atoms with Crippen molar-refractivity contribution in [2.45, 2.75) is 0 Å². The highest BCUT2D eigenvalue weighted by Gasteiger charge is 2.18. The van der Waals surface area contributed by atoms with Gasteiger partial charge in [0.2, 0.25) is 10.6 Å². The molecule has 0 amide bonds. The Kier molecular flexibility index (Phi) is 7.17. The highest BCUT2D eigenvalue weighted by molar-refractivity contribution is 7.07. The molecule has 0 N–H and O–H groups in total. The lowest BCUT2D eigenvalue weighted by Crippen LogP contribution is -2.12. The van der Waals surface area contributed by atoms with E-state index in [0.717, 1.165) is 5.56 Å². The molecule has 178 valence electrons. The van der Waals surface area contributed by atoms with Gasteiger partial charge in [0.05, 0.1) is 43.9 Å². The van der Waals surface area contributed by atoms with Crippen LogP contribution in [0.4, 0.5) is 11.4 Å². The lowest BCUT2D eigenvalue weighted by atomic mass is 10.1. The monoisotopic (exact) mass is 491 g/mol. The van der Waals surface area contributed by atoms with E-state index in [1.807, 2.05) is 23.6 Å². The van der Waals surface area contributed by atoms with Crippen molar-refractivity contribution >= 4 is 28.9 Å². The number of nitrogens with zero attached hydrogens (tertiary/aromatic N) is 5. The smallest absolute Gasteiger partial charge is 0.294 e. The summed E-state index contributed by atoms with van der Waals surface area (Å²) in [5.41, 5.74) is 2.14. The van der Waals surface area contributed by atoms with Gasteiger partial charge in [-0.3, -0.25) is 15.1 Å². The molecule has 35 heavy (non-hydrogen) atoms. The minimum atomic E-state index is -0.464. The van der Waals surface area contributed by atoms with Gasteiger partial charge in [0.25, 0.3) is 5.69 Å². The largest absolute Gasteiger partial charge is 0.493 e. The minimum Gasteiger partial charge on any atom is -0.493 e. The van der Waals surface area contributed by atoms with Crippen molar-refractivity contribution < 1.29 is 19.1 Å². The molecular weight excluding hydrogens is 470 g/mol. The van der Waals surface area contributed by atoms with E-state index in [4.69, 9.17) is 14.2 Å². The second kappa shape index (κ2) is 10.6. The van der Waals surface area contributed by atoms with Gasteiger partial charge >= 0.3 is 0 Å². The van der Waals surface area contributed by atoms with E-state index in [1.54, 1.807) is 47.4 Å². The molecule has 0 saturated heterocycles. The zero-order chi connectivity index (χ0) is 24.8. The molecule has 4 aromatic rings. The Morgan fingerprint density at radius 2 is 1.74 bits per heavy atom. The Morgan fingerprint density at radius 1 is 1.03 bits per heavy atom. The third-order valence-corrected chi connectivity index (χ3v) is 5.75. The molecule has 10 nitrogen and oxygen atoms in total. The van der Waals surface area contributed by atoms with Crippen molar-refractivity contribution in [2.75, 3.05) is 21.3 Å². The molecule has 0 spiro atoms. The van der Waals surface area contributed by atoms with Gasteiger partial charge in [-0.15, -0.1) is 11.3 Å². The molecule has 2 heterocycles. The zero-order valence-corrected chi connectivity index (χ0v) is 19.9. The number of nitro benzene ring substituents is 1. The summed E-state index contributed by atoms with van der Waals surface area (Å²) in [4.78, 5) is 20.3. The van der Waals surface area contributed by atoms with Gasteiger partial charge in [0.1, 0.15) is 5.69 Å². The first-order valence-corrected chi connectivity index (χ1v) is 11.2. The summed E-state index contributed by atoms with van der Waals surface area (Å²) in [5, 5.41) is 18.0. The second-order valence-electron chi connectivity index (χ2n) is 6.99. The van der Waals surface area contributed by atoms with Gasteiger partial charge < -0.3 is 14.2 Å². The van der Waals surface area contributed by atoms with Crippen LogP contribution in [0.2, 0.25) is 0 Å². The van der Waals surface area contributed by atoms with Crippen LogP contribution in [0.25, 0.3) is 11.3 Å². The van der Waals surface area contributed by atoms with Crippen LogP contribution in [0.3, 0.4) is 0 Å². The fourth-order valence-electron chi connectivity index (χ4n) is 3.30. The number of para-hydroxylation sites is 2. The average molecular weight is 492 g/mol. The van der Waals surface area contributed by atoms with Crippen LogP contribution >= 0.6 is 11.3 Å². The maximum atomic E-state index is 11.5. The van der Waals surface area contributed by atoms with Crippen LogP contribution in [-0.4, -0.2) is 42.1 Å². The predicted octanol–water partition coefficient (Wildman–Crippen LogP) is 4.66. The van der Waals surface area contributed by atoms with Crippen molar-refractivity contribution in [3.05, 3.63) is 86.8 Å². The molecule has 0 bridgehead atoms. The molecule has 0 aliphatic heterocycles. The van der Waals surface area contributed by atoms with Gasteiger partial charge in [-0.1, -0.05) is 18.2 Å². The van der Waals surface area contributed by atoms with Crippen LogP contribution in [-0.2, 0) is 0 Å². The molecule has 0 unspecified atom stereocenters. The van der Waals surface area contributed by atoms with Crippen molar-refractivity contribution in [3.8, 4) is 28.5 Å². The Morgan fingerprint density at radius 3 is 2.37 bits per heavy atom. The van der Waals surface area contributed by atoms with Crippen LogP contribution in [0.1, 0.15) is 5.69 Å². The second-order valence-corrected chi connectivity index (χ2v) is 7.82. The van der Waals surface area contributed by atoms with Crippen LogP contribution in [0.15, 0.2) is 76.3 Å². The quantitative estimate of drug-likeness (QED) is 0.201. The van der Waals surface area contributed by atoms with Gasteiger partial charge in [0, 0.05) is 23.2 Å². The molecule has 0 aliphatic rings. The number of hydrogen-bond acceptors (Lipinski definition) is 9. The number of aromatic nitrogens is 2. The van der Waals surface area contributed by atoms with Gasteiger partial charge in [0.15, 0.2) is 11.5 Å². The molecule has 0 atom stereocenters. The summed E-state index contributed by atoms with van der Waals surface area (Å²) in [5.74, 6) is 1.42. The molecule has 2 aromatic heterocycles. The standard InChI is InChI=1S/C24H21N5O5S/c1-32-21-12-16(13-22(33-2)23(21)34-3)20-15-35-24(27-18-9-4-5-10-19(18)29(30)31)28(20)26-14-17-8-6-7-11-25-17/h4-15H,1-3H3. The fourth-order valence-corrected chi connectivity index (χ4v) is 4.15. The maximum Gasteiger partial charge on any atom is 0.294 e. The van der Waals surface area contributed by atoms with Crippen molar-refractivity contribution in [3.63, 3.8) is 0 Å². The fraction of sp³-hybridized carbons (Fsp3) is 0.125. The Hall–Kier alpha value is -4.51. The summed E-state index contributed by atoms with van der Waals surface area (Å²) >= 11 is 1.28. The molecule has 11 heteroatoms. The normalized spacial score (nSPS) is 11.6. The van der Waals surface area contributed by atoms with E-state index in [2.05, 4.69) is 15.1 Å². The van der Waals surface area contributed by atoms with Crippen LogP contribution in [0, 0.1) is 10.1 Å². The Bertz CT molecular complexity index is 1420. The average Bonchev–Trinajstić information content (AvgIpc) is 3.29. The van der Waals surface area contributed by atoms with Gasteiger partial charge in [-0.2, -0.15) is 5.10 Å². The molecule has 0 aliphatic carbocycles. The summed E-state index contributed by atoms with van der Waals surface area (Å²) in [6, 6.07) is 15.4. The topological polar surface area (TPSA) is 113 Å². The van der Waals surface area contributed by atoms with E-state index in [0.29, 0.717) is 33.4 Å². The number of ether oxygens (including phenoxy) is 3. The Balaban J connectivity index is 1.94. The van der Waals surface area contributed by atoms with Crippen LogP contribution in [0.5, 0.6) is 17.2 Å². The van der Waals surface area contributed by atoms with E-state index >= 15 is 0 Å². The molecule has 4 rings (SSSR count). The van der Waals surface area contributed by atoms with Crippen molar-refractivity contribution in [1.29, 1.82) is 0 Å². The molecule has 0 fully saturated rings. The predicted molar refractivity (Wildman–Crippen MR) is 133 cm³/mol. The van der Waals surface area contributed by atoms with Gasteiger partial charge in [-0.05, 0) is 30.3 Å². The van der Waals surface area contributed by atoms with E-state index < -0.39 is 4.92 Å². The Labute approximate surface area is 204 Å². The van der Waals surface area contributed by atoms with E-state index in [1.165, 1.54) is 38.7 Å². The number of hydrogen-bond donors (Lipinski definition) is 0. The van der Waals surface area contributed by atoms with E-state index in [9.17, 15) is 10.1 Å². The first-order chi connectivity index (χ1) is 17.0. The number of benzene rings is 2. The van der Waals surface area contributed by atoms with Crippen molar-refractivity contribution in [2.24, 2.45) is 10.1 Å². The summed E-state index contributed by atoms with van der Waals surface area (Å²) in [7, 11) is 4.61. The highest BCUT2D eigenvalue weighted by atomic mass is 32.1. The number of methoxy groups -OCH3 is 3. The SMILES string of the molecule is COc1cc(-c2csc(=Nc3ccccc3[N+](=O)[O-])n2N=Cc2ccccn2)cc(OC)c1OC. The highest BCUT2D eigenvalue weighted by Crippen LogP contribution is 2.41.